The molecule has 2 aliphatic carbocycles. The Hall–Kier alpha value is -1.62. The molecule has 22 heavy (non-hydrogen) atoms. The van der Waals surface area contributed by atoms with E-state index >= 15 is 0 Å². The number of carbonyl (C=O) groups is 2. The second-order valence-corrected chi connectivity index (χ2v) is 6.94. The summed E-state index contributed by atoms with van der Waals surface area (Å²) in [6.07, 6.45) is 4.72. The minimum atomic E-state index is -0.870. The summed E-state index contributed by atoms with van der Waals surface area (Å²) >= 11 is 3.48. The maximum atomic E-state index is 12.6. The molecule has 2 aliphatic rings. The van der Waals surface area contributed by atoms with Crippen LogP contribution < -0.4 is 5.32 Å². The van der Waals surface area contributed by atoms with E-state index in [2.05, 4.69) is 21.2 Å². The molecule has 1 aromatic rings. The summed E-state index contributed by atoms with van der Waals surface area (Å²) in [5, 5.41) is 12.4. The fourth-order valence-corrected chi connectivity index (χ4v) is 4.36. The molecule has 4 nitrogen and oxygen atoms in total. The number of aliphatic carboxylic acids is 1. The molecule has 0 spiro atoms. The van der Waals surface area contributed by atoms with E-state index in [4.69, 9.17) is 0 Å². The van der Waals surface area contributed by atoms with E-state index in [0.717, 1.165) is 16.5 Å². The van der Waals surface area contributed by atoms with Crippen LogP contribution in [-0.4, -0.2) is 17.0 Å². The first-order chi connectivity index (χ1) is 10.5. The lowest BCUT2D eigenvalue weighted by Crippen LogP contribution is -2.41. The second kappa shape index (κ2) is 5.88. The fraction of sp³-hybridized carbons (Fsp3) is 0.412. The van der Waals surface area contributed by atoms with Crippen molar-refractivity contribution in [2.24, 2.45) is 23.7 Å². The Kier molecular flexibility index (Phi) is 4.08. The minimum absolute atomic E-state index is 0.00276. The minimum Gasteiger partial charge on any atom is -0.481 e. The third-order valence-corrected chi connectivity index (χ3v) is 5.50. The molecule has 5 heteroatoms. The molecule has 1 amide bonds. The predicted molar refractivity (Wildman–Crippen MR) is 86.1 cm³/mol. The Morgan fingerprint density at radius 2 is 1.86 bits per heavy atom. The van der Waals surface area contributed by atoms with Gasteiger partial charge in [0.05, 0.1) is 17.9 Å². The number of rotatable bonds is 4. The van der Waals surface area contributed by atoms with Gasteiger partial charge in [0.25, 0.3) is 0 Å². The number of allylic oxidation sites excluding steroid dienone is 2. The van der Waals surface area contributed by atoms with Gasteiger partial charge in [-0.2, -0.15) is 0 Å². The van der Waals surface area contributed by atoms with Gasteiger partial charge in [-0.15, -0.1) is 0 Å². The number of carboxylic acids is 1. The molecule has 0 saturated heterocycles. The maximum Gasteiger partial charge on any atom is 0.307 e. The number of halogens is 1. The summed E-state index contributed by atoms with van der Waals surface area (Å²) < 4.78 is 0.936. The van der Waals surface area contributed by atoms with E-state index in [1.807, 2.05) is 43.3 Å². The highest BCUT2D eigenvalue weighted by atomic mass is 79.9. The monoisotopic (exact) mass is 363 g/mol. The summed E-state index contributed by atoms with van der Waals surface area (Å²) in [7, 11) is 0. The number of carboxylic acid groups (broad SMARTS) is 1. The molecule has 5 unspecified atom stereocenters. The van der Waals surface area contributed by atoms with Crippen molar-refractivity contribution in [3.63, 3.8) is 0 Å². The van der Waals surface area contributed by atoms with Crippen molar-refractivity contribution in [2.45, 2.75) is 19.4 Å². The molecule has 5 atom stereocenters. The van der Waals surface area contributed by atoms with Crippen LogP contribution in [0.3, 0.4) is 0 Å². The summed E-state index contributed by atoms with van der Waals surface area (Å²) in [5.74, 6) is -2.04. The topological polar surface area (TPSA) is 66.4 Å². The number of benzene rings is 1. The second-order valence-electron chi connectivity index (χ2n) is 6.09. The summed E-state index contributed by atoms with van der Waals surface area (Å²) in [4.78, 5) is 24.1. The van der Waals surface area contributed by atoms with Gasteiger partial charge in [0, 0.05) is 4.47 Å². The first-order valence-corrected chi connectivity index (χ1v) is 8.24. The fourth-order valence-electron chi connectivity index (χ4n) is 3.73. The molecule has 1 saturated carbocycles. The first kappa shape index (κ1) is 15.3. The third kappa shape index (κ3) is 2.58. The van der Waals surface area contributed by atoms with Gasteiger partial charge in [-0.05, 0) is 36.8 Å². The molecule has 2 bridgehead atoms. The number of hydrogen-bond donors (Lipinski definition) is 2. The SMILES string of the molecule is CC(NC(=O)C1C2C=CC(C2)C1C(=O)O)c1ccccc1Br. The number of hydrogen-bond acceptors (Lipinski definition) is 2. The van der Waals surface area contributed by atoms with Crippen molar-refractivity contribution in [3.8, 4) is 0 Å². The van der Waals surface area contributed by atoms with Crippen molar-refractivity contribution >= 4 is 27.8 Å². The van der Waals surface area contributed by atoms with Gasteiger partial charge in [-0.25, -0.2) is 0 Å². The molecular formula is C17H18BrNO3. The molecule has 1 fully saturated rings. The van der Waals surface area contributed by atoms with Crippen molar-refractivity contribution in [3.05, 3.63) is 46.5 Å². The van der Waals surface area contributed by atoms with E-state index in [-0.39, 0.29) is 23.8 Å². The van der Waals surface area contributed by atoms with Crippen LogP contribution >= 0.6 is 15.9 Å². The van der Waals surface area contributed by atoms with Crippen LogP contribution in [0.5, 0.6) is 0 Å². The standard InChI is InChI=1S/C17H18BrNO3/c1-9(12-4-2-3-5-13(12)18)19-16(20)14-10-6-7-11(8-10)15(14)17(21)22/h2-7,9-11,14-15H,8H2,1H3,(H,19,20)(H,21,22). The zero-order valence-electron chi connectivity index (χ0n) is 12.2. The Bertz CT molecular complexity index is 643. The van der Waals surface area contributed by atoms with E-state index in [1.54, 1.807) is 0 Å². The van der Waals surface area contributed by atoms with E-state index < -0.39 is 17.8 Å². The average molecular weight is 364 g/mol. The van der Waals surface area contributed by atoms with Crippen LogP contribution in [0.2, 0.25) is 0 Å². The Labute approximate surface area is 137 Å². The van der Waals surface area contributed by atoms with Crippen molar-refractivity contribution in [1.29, 1.82) is 0 Å². The highest BCUT2D eigenvalue weighted by Gasteiger charge is 2.51. The van der Waals surface area contributed by atoms with Gasteiger partial charge in [0.1, 0.15) is 0 Å². The van der Waals surface area contributed by atoms with Crippen molar-refractivity contribution < 1.29 is 14.7 Å². The van der Waals surface area contributed by atoms with E-state index in [0.29, 0.717) is 0 Å². The molecular weight excluding hydrogens is 346 g/mol. The van der Waals surface area contributed by atoms with Gasteiger partial charge >= 0.3 is 5.97 Å². The smallest absolute Gasteiger partial charge is 0.307 e. The first-order valence-electron chi connectivity index (χ1n) is 7.45. The lowest BCUT2D eigenvalue weighted by atomic mass is 9.82. The molecule has 116 valence electrons. The quantitative estimate of drug-likeness (QED) is 0.807. The van der Waals surface area contributed by atoms with E-state index in [1.165, 1.54) is 0 Å². The Morgan fingerprint density at radius 1 is 1.23 bits per heavy atom. The van der Waals surface area contributed by atoms with Gasteiger partial charge in [0.2, 0.25) is 5.91 Å². The number of nitrogens with one attached hydrogen (secondary N) is 1. The van der Waals surface area contributed by atoms with E-state index in [9.17, 15) is 14.7 Å². The maximum absolute atomic E-state index is 12.6. The Balaban J connectivity index is 1.76. The van der Waals surface area contributed by atoms with Gasteiger partial charge in [-0.3, -0.25) is 9.59 Å². The Morgan fingerprint density at radius 3 is 2.50 bits per heavy atom. The van der Waals surface area contributed by atoms with Gasteiger partial charge < -0.3 is 10.4 Å². The number of amides is 1. The molecule has 0 aromatic heterocycles. The zero-order valence-corrected chi connectivity index (χ0v) is 13.8. The summed E-state index contributed by atoms with van der Waals surface area (Å²) in [5.41, 5.74) is 0.987. The van der Waals surface area contributed by atoms with Crippen LogP contribution in [0.4, 0.5) is 0 Å². The third-order valence-electron chi connectivity index (χ3n) is 4.78. The zero-order chi connectivity index (χ0) is 15.9. The lowest BCUT2D eigenvalue weighted by molar-refractivity contribution is -0.148. The summed E-state index contributed by atoms with van der Waals surface area (Å²) in [6, 6.07) is 7.55. The van der Waals surface area contributed by atoms with Crippen molar-refractivity contribution in [1.82, 2.24) is 5.32 Å². The van der Waals surface area contributed by atoms with Crippen LogP contribution in [0, 0.1) is 23.7 Å². The van der Waals surface area contributed by atoms with Crippen LogP contribution in [0.15, 0.2) is 40.9 Å². The van der Waals surface area contributed by atoms with Crippen LogP contribution in [0.1, 0.15) is 24.9 Å². The number of carbonyl (C=O) groups excluding carboxylic acids is 1. The normalized spacial score (nSPS) is 30.3. The molecule has 0 radical (unpaired) electrons. The van der Waals surface area contributed by atoms with Gasteiger partial charge in [-0.1, -0.05) is 46.3 Å². The summed E-state index contributed by atoms with van der Waals surface area (Å²) in [6.45, 7) is 1.91. The van der Waals surface area contributed by atoms with Crippen LogP contribution in [0.25, 0.3) is 0 Å². The highest BCUT2D eigenvalue weighted by molar-refractivity contribution is 9.10. The van der Waals surface area contributed by atoms with Crippen molar-refractivity contribution in [2.75, 3.05) is 0 Å². The molecule has 2 N–H and O–H groups in total. The molecule has 3 rings (SSSR count). The molecule has 1 aromatic carbocycles. The molecule has 0 heterocycles. The van der Waals surface area contributed by atoms with Crippen LogP contribution in [-0.2, 0) is 9.59 Å². The van der Waals surface area contributed by atoms with Gasteiger partial charge in [0.15, 0.2) is 0 Å². The lowest BCUT2D eigenvalue weighted by Gasteiger charge is -2.26. The number of fused-ring (bicyclic) bond motifs is 2. The highest BCUT2D eigenvalue weighted by Crippen LogP contribution is 2.48. The largest absolute Gasteiger partial charge is 0.481 e. The average Bonchev–Trinajstić information content (AvgIpc) is 3.07. The predicted octanol–water partition coefficient (Wildman–Crippen LogP) is 3.15. The molecule has 0 aliphatic heterocycles.